The molecule has 1 atom stereocenters. The number of carbonyl (C=O) groups excluding carboxylic acids is 1. The number of hydrogen-bond acceptors (Lipinski definition) is 7. The number of aromatic nitrogens is 2. The fraction of sp³-hybridized carbons (Fsp3) is 0.182. The number of nitrogens with zero attached hydrogens (tertiary/aromatic N) is 3. The van der Waals surface area contributed by atoms with E-state index in [2.05, 4.69) is 10.2 Å². The van der Waals surface area contributed by atoms with Gasteiger partial charge in [0.15, 0.2) is 5.43 Å². The fourth-order valence-electron chi connectivity index (χ4n) is 3.77. The van der Waals surface area contributed by atoms with Gasteiger partial charge in [-0.2, -0.15) is 0 Å². The highest BCUT2D eigenvalue weighted by Crippen LogP contribution is 2.42. The molecule has 0 aliphatic carbocycles. The van der Waals surface area contributed by atoms with Crippen LogP contribution in [0.3, 0.4) is 0 Å². The molecule has 2 aromatic heterocycles. The number of halogens is 1. The summed E-state index contributed by atoms with van der Waals surface area (Å²) in [6, 6.07) is 8.97. The largest absolute Gasteiger partial charge is 0.508 e. The van der Waals surface area contributed by atoms with Gasteiger partial charge in [0.25, 0.3) is 5.91 Å². The van der Waals surface area contributed by atoms with Crippen LogP contribution < -0.4 is 10.3 Å². The first-order valence-electron chi connectivity index (χ1n) is 9.69. The van der Waals surface area contributed by atoms with E-state index in [4.69, 9.17) is 4.42 Å². The maximum Gasteiger partial charge on any atom is 0.297 e. The lowest BCUT2D eigenvalue weighted by atomic mass is 9.98. The summed E-state index contributed by atoms with van der Waals surface area (Å²) in [7, 11) is 0. The van der Waals surface area contributed by atoms with Crippen molar-refractivity contribution in [3.05, 3.63) is 80.4 Å². The predicted octanol–water partition coefficient (Wildman–Crippen LogP) is 4.19. The van der Waals surface area contributed by atoms with E-state index in [9.17, 15) is 19.1 Å². The van der Waals surface area contributed by atoms with Crippen molar-refractivity contribution >= 4 is 33.3 Å². The highest BCUT2D eigenvalue weighted by Gasteiger charge is 2.45. The van der Waals surface area contributed by atoms with Gasteiger partial charge >= 0.3 is 0 Å². The Hall–Kier alpha value is -3.59. The molecule has 0 radical (unpaired) electrons. The number of phenolic OH excluding ortho intramolecular Hbond substituents is 1. The summed E-state index contributed by atoms with van der Waals surface area (Å²) in [4.78, 5) is 28.1. The molecule has 1 amide bonds. The maximum absolute atomic E-state index is 13.8. The van der Waals surface area contributed by atoms with Gasteiger partial charge in [-0.05, 0) is 42.3 Å². The number of anilines is 1. The van der Waals surface area contributed by atoms with Crippen LogP contribution in [0.4, 0.5) is 9.52 Å². The fourth-order valence-corrected chi connectivity index (χ4v) is 4.74. The van der Waals surface area contributed by atoms with Crippen molar-refractivity contribution < 1.29 is 18.7 Å². The summed E-state index contributed by atoms with van der Waals surface area (Å²) >= 11 is 1.27. The van der Waals surface area contributed by atoms with Gasteiger partial charge in [-0.25, -0.2) is 4.39 Å². The van der Waals surface area contributed by atoms with Crippen LogP contribution in [0.5, 0.6) is 5.75 Å². The Morgan fingerprint density at radius 2 is 1.94 bits per heavy atom. The summed E-state index contributed by atoms with van der Waals surface area (Å²) in [5.74, 6) is -1.14. The highest BCUT2D eigenvalue weighted by molar-refractivity contribution is 7.15. The number of aromatic hydroxyl groups is 1. The molecule has 0 spiro atoms. The molecule has 1 N–H and O–H groups in total. The van der Waals surface area contributed by atoms with Crippen molar-refractivity contribution in [2.24, 2.45) is 0 Å². The van der Waals surface area contributed by atoms with E-state index in [1.165, 1.54) is 40.5 Å². The number of fused-ring (bicyclic) bond motifs is 2. The van der Waals surface area contributed by atoms with Crippen LogP contribution in [0.1, 0.15) is 46.1 Å². The monoisotopic (exact) mass is 437 g/mol. The van der Waals surface area contributed by atoms with Crippen molar-refractivity contribution in [2.45, 2.75) is 25.8 Å². The molecule has 9 heteroatoms. The average Bonchev–Trinajstić information content (AvgIpc) is 3.32. The Morgan fingerprint density at radius 3 is 2.68 bits per heavy atom. The van der Waals surface area contributed by atoms with Crippen LogP contribution in [-0.4, -0.2) is 21.2 Å². The number of amides is 1. The molecule has 4 aromatic rings. The molecular formula is C22H16FN3O4S. The third kappa shape index (κ3) is 3.09. The molecule has 0 fully saturated rings. The normalized spacial score (nSPS) is 15.6. The quantitative estimate of drug-likeness (QED) is 0.514. The molecule has 2 aromatic carbocycles. The first-order chi connectivity index (χ1) is 15.0. The summed E-state index contributed by atoms with van der Waals surface area (Å²) in [6.45, 7) is 2.02. The molecule has 31 heavy (non-hydrogen) atoms. The van der Waals surface area contributed by atoms with E-state index < -0.39 is 23.2 Å². The molecule has 7 nitrogen and oxygen atoms in total. The van der Waals surface area contributed by atoms with Crippen LogP contribution in [0.2, 0.25) is 0 Å². The molecule has 1 aliphatic rings. The van der Waals surface area contributed by atoms with E-state index in [0.717, 1.165) is 23.9 Å². The number of phenols is 1. The molecule has 156 valence electrons. The van der Waals surface area contributed by atoms with Gasteiger partial charge in [0.2, 0.25) is 10.9 Å². The van der Waals surface area contributed by atoms with Crippen molar-refractivity contribution in [1.29, 1.82) is 0 Å². The zero-order valence-corrected chi connectivity index (χ0v) is 17.1. The molecular weight excluding hydrogens is 421 g/mol. The van der Waals surface area contributed by atoms with E-state index >= 15 is 0 Å². The number of carbonyl (C=O) groups is 1. The number of benzene rings is 2. The second-order valence-corrected chi connectivity index (χ2v) is 8.25. The highest BCUT2D eigenvalue weighted by atomic mass is 32.1. The minimum atomic E-state index is -0.838. The topological polar surface area (TPSA) is 96.5 Å². The van der Waals surface area contributed by atoms with Crippen molar-refractivity contribution in [2.75, 3.05) is 4.90 Å². The first-order valence-corrected chi connectivity index (χ1v) is 10.5. The summed E-state index contributed by atoms with van der Waals surface area (Å²) < 4.78 is 19.6. The number of rotatable bonds is 4. The molecule has 5 rings (SSSR count). The Morgan fingerprint density at radius 1 is 1.16 bits per heavy atom. The second-order valence-electron chi connectivity index (χ2n) is 7.21. The molecule has 3 heterocycles. The summed E-state index contributed by atoms with van der Waals surface area (Å²) in [6.07, 6.45) is 1.60. The van der Waals surface area contributed by atoms with Crippen LogP contribution in [0.25, 0.3) is 11.0 Å². The van der Waals surface area contributed by atoms with E-state index in [1.807, 2.05) is 6.92 Å². The van der Waals surface area contributed by atoms with Gasteiger partial charge in [0.05, 0.1) is 17.0 Å². The number of aryl methyl sites for hydroxylation is 1. The zero-order chi connectivity index (χ0) is 21.7. The number of hydrogen-bond donors (Lipinski definition) is 1. The van der Waals surface area contributed by atoms with Crippen LogP contribution >= 0.6 is 11.3 Å². The molecule has 0 saturated carbocycles. The standard InChI is InChI=1S/C22H16FN3O4S/c1-2-3-16-24-25-22(31-16)26-18(11-4-7-13(27)8-5-11)17-19(28)14-10-12(23)6-9-15(14)30-20(17)21(26)29/h4-10,18,27H,2-3H2,1H3. The molecule has 0 bridgehead atoms. The molecule has 0 saturated heterocycles. The lowest BCUT2D eigenvalue weighted by Gasteiger charge is -2.22. The summed E-state index contributed by atoms with van der Waals surface area (Å²) in [5.41, 5.74) is 0.345. The molecule has 1 unspecified atom stereocenters. The molecule has 1 aliphatic heterocycles. The van der Waals surface area contributed by atoms with Crippen LogP contribution in [0.15, 0.2) is 51.7 Å². The van der Waals surface area contributed by atoms with Crippen LogP contribution in [0, 0.1) is 5.82 Å². The maximum atomic E-state index is 13.8. The Labute approximate surface area is 179 Å². The second kappa shape index (κ2) is 7.28. The van der Waals surface area contributed by atoms with Crippen molar-refractivity contribution in [3.8, 4) is 5.75 Å². The van der Waals surface area contributed by atoms with Gasteiger partial charge in [-0.1, -0.05) is 30.4 Å². The average molecular weight is 437 g/mol. The third-order valence-electron chi connectivity index (χ3n) is 5.17. The lowest BCUT2D eigenvalue weighted by molar-refractivity contribution is 0.0970. The van der Waals surface area contributed by atoms with Gasteiger partial charge in [-0.15, -0.1) is 10.2 Å². The van der Waals surface area contributed by atoms with Crippen molar-refractivity contribution in [3.63, 3.8) is 0 Å². The lowest BCUT2D eigenvalue weighted by Crippen LogP contribution is -2.29. The Kier molecular flexibility index (Phi) is 4.55. The van der Waals surface area contributed by atoms with Gasteiger partial charge in [-0.3, -0.25) is 14.5 Å². The van der Waals surface area contributed by atoms with Crippen molar-refractivity contribution in [1.82, 2.24) is 10.2 Å². The van der Waals surface area contributed by atoms with Crippen LogP contribution in [-0.2, 0) is 6.42 Å². The summed E-state index contributed by atoms with van der Waals surface area (Å²) in [5, 5.41) is 19.2. The smallest absolute Gasteiger partial charge is 0.297 e. The SMILES string of the molecule is CCCc1nnc(N2C(=O)c3oc4ccc(F)cc4c(=O)c3C2c2ccc(O)cc2)s1. The predicted molar refractivity (Wildman–Crippen MR) is 113 cm³/mol. The van der Waals surface area contributed by atoms with E-state index in [-0.39, 0.29) is 28.0 Å². The van der Waals surface area contributed by atoms with Gasteiger partial charge in [0.1, 0.15) is 22.2 Å². The zero-order valence-electron chi connectivity index (χ0n) is 16.3. The van der Waals surface area contributed by atoms with E-state index in [1.54, 1.807) is 12.1 Å². The van der Waals surface area contributed by atoms with Gasteiger partial charge < -0.3 is 9.52 Å². The minimum Gasteiger partial charge on any atom is -0.508 e. The minimum absolute atomic E-state index is 0.0496. The first kappa shape index (κ1) is 19.4. The van der Waals surface area contributed by atoms with E-state index in [0.29, 0.717) is 10.7 Å². The van der Waals surface area contributed by atoms with Gasteiger partial charge in [0, 0.05) is 6.42 Å². The Bertz CT molecular complexity index is 1380. The third-order valence-corrected chi connectivity index (χ3v) is 6.15. The Balaban J connectivity index is 1.77.